The lowest BCUT2D eigenvalue weighted by Gasteiger charge is -2.11. The molecule has 2 aromatic heterocycles. The van der Waals surface area contributed by atoms with Crippen LogP contribution in [0.2, 0.25) is 0 Å². The SMILES string of the molecule is CNc1nc(-c2cnccn2)nc2ccc(-c3ccc(F)c(F)c3)c(F)c12. The number of anilines is 1. The minimum Gasteiger partial charge on any atom is -0.372 e. The molecule has 2 aromatic carbocycles. The molecule has 0 spiro atoms. The summed E-state index contributed by atoms with van der Waals surface area (Å²) >= 11 is 0. The summed E-state index contributed by atoms with van der Waals surface area (Å²) in [6.07, 6.45) is 4.54. The number of rotatable bonds is 3. The van der Waals surface area contributed by atoms with E-state index in [0.29, 0.717) is 17.0 Å². The van der Waals surface area contributed by atoms with Gasteiger partial charge in [-0.3, -0.25) is 4.98 Å². The van der Waals surface area contributed by atoms with Crippen molar-refractivity contribution in [3.8, 4) is 22.6 Å². The Balaban J connectivity index is 1.94. The van der Waals surface area contributed by atoms with Crippen LogP contribution in [0.5, 0.6) is 0 Å². The Morgan fingerprint density at radius 1 is 0.926 bits per heavy atom. The summed E-state index contributed by atoms with van der Waals surface area (Å²) in [5.74, 6) is -2.13. The quantitative estimate of drug-likeness (QED) is 0.588. The van der Waals surface area contributed by atoms with Crippen LogP contribution < -0.4 is 5.32 Å². The summed E-state index contributed by atoms with van der Waals surface area (Å²) in [7, 11) is 1.60. The number of aromatic nitrogens is 4. The van der Waals surface area contributed by atoms with E-state index in [1.807, 2.05) is 0 Å². The van der Waals surface area contributed by atoms with Crippen LogP contribution in [0.4, 0.5) is 19.0 Å². The number of hydrogen-bond acceptors (Lipinski definition) is 5. The van der Waals surface area contributed by atoms with Gasteiger partial charge in [-0.15, -0.1) is 0 Å². The zero-order valence-electron chi connectivity index (χ0n) is 14.0. The third-order valence-corrected chi connectivity index (χ3v) is 4.06. The first-order chi connectivity index (χ1) is 13.1. The molecule has 0 radical (unpaired) electrons. The normalized spacial score (nSPS) is 11.0. The second-order valence-electron chi connectivity index (χ2n) is 5.69. The fourth-order valence-corrected chi connectivity index (χ4v) is 2.78. The van der Waals surface area contributed by atoms with Crippen LogP contribution in [0.3, 0.4) is 0 Å². The number of fused-ring (bicyclic) bond motifs is 1. The lowest BCUT2D eigenvalue weighted by Crippen LogP contribution is -2.02. The topological polar surface area (TPSA) is 63.6 Å². The van der Waals surface area contributed by atoms with Gasteiger partial charge in [0.2, 0.25) is 0 Å². The molecule has 2 heterocycles. The largest absolute Gasteiger partial charge is 0.372 e. The summed E-state index contributed by atoms with van der Waals surface area (Å²) in [6.45, 7) is 0. The van der Waals surface area contributed by atoms with Gasteiger partial charge in [0.15, 0.2) is 17.5 Å². The molecule has 0 saturated heterocycles. The van der Waals surface area contributed by atoms with E-state index >= 15 is 4.39 Å². The first-order valence-corrected chi connectivity index (χ1v) is 7.98. The molecule has 8 heteroatoms. The molecular formula is C19H12F3N5. The summed E-state index contributed by atoms with van der Waals surface area (Å²) in [4.78, 5) is 16.8. The number of benzene rings is 2. The summed E-state index contributed by atoms with van der Waals surface area (Å²) in [5, 5.41) is 2.99. The predicted molar refractivity (Wildman–Crippen MR) is 95.4 cm³/mol. The fourth-order valence-electron chi connectivity index (χ4n) is 2.78. The molecule has 4 aromatic rings. The molecule has 4 rings (SSSR count). The van der Waals surface area contributed by atoms with Crippen molar-refractivity contribution in [2.24, 2.45) is 0 Å². The zero-order valence-corrected chi connectivity index (χ0v) is 14.0. The maximum atomic E-state index is 15.2. The monoisotopic (exact) mass is 367 g/mol. The minimum absolute atomic E-state index is 0.119. The van der Waals surface area contributed by atoms with Crippen molar-refractivity contribution < 1.29 is 13.2 Å². The van der Waals surface area contributed by atoms with Gasteiger partial charge in [0.25, 0.3) is 0 Å². The molecule has 5 nitrogen and oxygen atoms in total. The third-order valence-electron chi connectivity index (χ3n) is 4.06. The van der Waals surface area contributed by atoms with Crippen molar-refractivity contribution in [2.45, 2.75) is 0 Å². The number of nitrogens with one attached hydrogen (secondary N) is 1. The maximum absolute atomic E-state index is 15.2. The average Bonchev–Trinajstić information content (AvgIpc) is 2.70. The molecule has 0 aliphatic heterocycles. The molecule has 0 unspecified atom stereocenters. The highest BCUT2D eigenvalue weighted by molar-refractivity contribution is 5.94. The number of nitrogens with zero attached hydrogens (tertiary/aromatic N) is 4. The lowest BCUT2D eigenvalue weighted by atomic mass is 10.0. The van der Waals surface area contributed by atoms with Crippen molar-refractivity contribution in [2.75, 3.05) is 12.4 Å². The van der Waals surface area contributed by atoms with Crippen LogP contribution in [-0.4, -0.2) is 27.0 Å². The molecule has 0 aliphatic carbocycles. The highest BCUT2D eigenvalue weighted by Gasteiger charge is 2.17. The lowest BCUT2D eigenvalue weighted by molar-refractivity contribution is 0.509. The second-order valence-corrected chi connectivity index (χ2v) is 5.69. The Morgan fingerprint density at radius 2 is 1.78 bits per heavy atom. The zero-order chi connectivity index (χ0) is 19.0. The maximum Gasteiger partial charge on any atom is 0.182 e. The van der Waals surface area contributed by atoms with E-state index in [1.54, 1.807) is 13.1 Å². The van der Waals surface area contributed by atoms with E-state index in [1.165, 1.54) is 30.7 Å². The highest BCUT2D eigenvalue weighted by atomic mass is 19.2. The van der Waals surface area contributed by atoms with Crippen LogP contribution in [-0.2, 0) is 0 Å². The van der Waals surface area contributed by atoms with Crippen molar-refractivity contribution in [1.29, 1.82) is 0 Å². The number of hydrogen-bond donors (Lipinski definition) is 1. The van der Waals surface area contributed by atoms with Crippen LogP contribution in [0.15, 0.2) is 48.9 Å². The van der Waals surface area contributed by atoms with Crippen LogP contribution in [0.25, 0.3) is 33.5 Å². The average molecular weight is 367 g/mol. The Kier molecular flexibility index (Phi) is 4.15. The van der Waals surface area contributed by atoms with E-state index in [4.69, 9.17) is 0 Å². The van der Waals surface area contributed by atoms with Gasteiger partial charge in [0.1, 0.15) is 17.3 Å². The van der Waals surface area contributed by atoms with Crippen molar-refractivity contribution in [3.63, 3.8) is 0 Å². The van der Waals surface area contributed by atoms with Crippen LogP contribution in [0, 0.1) is 17.5 Å². The van der Waals surface area contributed by atoms with Crippen molar-refractivity contribution >= 4 is 16.7 Å². The highest BCUT2D eigenvalue weighted by Crippen LogP contribution is 2.33. The Hall–Kier alpha value is -3.55. The smallest absolute Gasteiger partial charge is 0.182 e. The second kappa shape index (κ2) is 6.64. The third kappa shape index (κ3) is 2.95. The van der Waals surface area contributed by atoms with Gasteiger partial charge < -0.3 is 5.32 Å². The molecule has 134 valence electrons. The van der Waals surface area contributed by atoms with Crippen molar-refractivity contribution in [3.05, 3.63) is 66.4 Å². The first-order valence-electron chi connectivity index (χ1n) is 7.98. The van der Waals surface area contributed by atoms with Gasteiger partial charge in [-0.05, 0) is 29.8 Å². The first kappa shape index (κ1) is 16.9. The molecule has 0 bridgehead atoms. The van der Waals surface area contributed by atoms with Gasteiger partial charge in [-0.2, -0.15) is 0 Å². The van der Waals surface area contributed by atoms with E-state index < -0.39 is 17.5 Å². The van der Waals surface area contributed by atoms with Gasteiger partial charge in [0, 0.05) is 25.0 Å². The molecule has 0 amide bonds. The molecule has 27 heavy (non-hydrogen) atoms. The molecule has 0 fully saturated rings. The molecule has 1 N–H and O–H groups in total. The van der Waals surface area contributed by atoms with Gasteiger partial charge in [-0.25, -0.2) is 28.1 Å². The predicted octanol–water partition coefficient (Wildman–Crippen LogP) is 4.21. The standard InChI is InChI=1S/C19H12F3N5/c1-23-19-16-14(26-18(27-19)15-9-24-6-7-25-15)5-3-11(17(16)22)10-2-4-12(20)13(21)8-10/h2-9H,1H3,(H,23,26,27). The van der Waals surface area contributed by atoms with Crippen LogP contribution in [0.1, 0.15) is 0 Å². The van der Waals surface area contributed by atoms with E-state index in [-0.39, 0.29) is 22.3 Å². The molecule has 0 atom stereocenters. The van der Waals surface area contributed by atoms with Gasteiger partial charge in [-0.1, -0.05) is 6.07 Å². The molecular weight excluding hydrogens is 355 g/mol. The van der Waals surface area contributed by atoms with E-state index in [0.717, 1.165) is 12.1 Å². The Morgan fingerprint density at radius 3 is 2.48 bits per heavy atom. The summed E-state index contributed by atoms with van der Waals surface area (Å²) < 4.78 is 41.9. The molecule has 0 aliphatic rings. The summed E-state index contributed by atoms with van der Waals surface area (Å²) in [6, 6.07) is 6.29. The Labute approximate surface area is 152 Å². The van der Waals surface area contributed by atoms with E-state index in [9.17, 15) is 8.78 Å². The van der Waals surface area contributed by atoms with Gasteiger partial charge >= 0.3 is 0 Å². The number of halogens is 3. The minimum atomic E-state index is -1.05. The van der Waals surface area contributed by atoms with E-state index in [2.05, 4.69) is 25.3 Å². The van der Waals surface area contributed by atoms with Crippen LogP contribution >= 0.6 is 0 Å². The molecule has 0 saturated carbocycles. The summed E-state index contributed by atoms with van der Waals surface area (Å²) in [5.41, 5.74) is 1.13. The fraction of sp³-hybridized carbons (Fsp3) is 0.0526. The Bertz CT molecular complexity index is 1150. The van der Waals surface area contributed by atoms with Crippen molar-refractivity contribution in [1.82, 2.24) is 19.9 Å². The van der Waals surface area contributed by atoms with Gasteiger partial charge in [0.05, 0.1) is 17.1 Å².